The van der Waals surface area contributed by atoms with Crippen LogP contribution in [0.5, 0.6) is 0 Å². The fourth-order valence-electron chi connectivity index (χ4n) is 2.23. The largest absolute Gasteiger partial charge is 0.397 e. The van der Waals surface area contributed by atoms with E-state index in [4.69, 9.17) is 17.3 Å². The van der Waals surface area contributed by atoms with Gasteiger partial charge in [0, 0.05) is 11.4 Å². The Morgan fingerprint density at radius 2 is 2.25 bits per heavy atom. The molecule has 0 aliphatic heterocycles. The van der Waals surface area contributed by atoms with Gasteiger partial charge in [-0.15, -0.1) is 0 Å². The molecule has 2 aromatic rings. The molecule has 16 heavy (non-hydrogen) atoms. The molecule has 0 radical (unpaired) electrons. The van der Waals surface area contributed by atoms with Crippen LogP contribution in [0.15, 0.2) is 12.1 Å². The van der Waals surface area contributed by atoms with Gasteiger partial charge in [-0.2, -0.15) is 0 Å². The summed E-state index contributed by atoms with van der Waals surface area (Å²) < 4.78 is 0. The number of fused-ring (bicyclic) bond motifs is 1. The van der Waals surface area contributed by atoms with Gasteiger partial charge in [0.1, 0.15) is 11.3 Å². The van der Waals surface area contributed by atoms with E-state index >= 15 is 0 Å². The number of imidazole rings is 1. The summed E-state index contributed by atoms with van der Waals surface area (Å²) in [6.45, 7) is 0. The first kappa shape index (κ1) is 9.97. The summed E-state index contributed by atoms with van der Waals surface area (Å²) in [6.07, 6.45) is 5.05. The van der Waals surface area contributed by atoms with Crippen LogP contribution < -0.4 is 5.73 Å². The summed E-state index contributed by atoms with van der Waals surface area (Å²) in [5, 5.41) is 0.656. The second-order valence-electron chi connectivity index (χ2n) is 4.58. The van der Waals surface area contributed by atoms with E-state index in [1.807, 2.05) is 6.07 Å². The topological polar surface area (TPSA) is 54.7 Å². The Morgan fingerprint density at radius 1 is 1.44 bits per heavy atom. The van der Waals surface area contributed by atoms with Crippen LogP contribution in [0, 0.1) is 5.92 Å². The SMILES string of the molecule is Nc1cc(Cl)cc2[nH]c(CC3CCC3)nc12. The summed E-state index contributed by atoms with van der Waals surface area (Å²) in [4.78, 5) is 7.84. The third-order valence-electron chi connectivity index (χ3n) is 3.34. The Bertz CT molecular complexity index is 528. The zero-order valence-electron chi connectivity index (χ0n) is 8.96. The van der Waals surface area contributed by atoms with Gasteiger partial charge in [-0.3, -0.25) is 0 Å². The molecule has 3 nitrogen and oxygen atoms in total. The fraction of sp³-hybridized carbons (Fsp3) is 0.417. The highest BCUT2D eigenvalue weighted by molar-refractivity contribution is 6.31. The number of anilines is 1. The van der Waals surface area contributed by atoms with Crippen LogP contribution in [0.1, 0.15) is 25.1 Å². The Labute approximate surface area is 99.0 Å². The maximum Gasteiger partial charge on any atom is 0.112 e. The number of aromatic amines is 1. The number of halogens is 1. The quantitative estimate of drug-likeness (QED) is 0.786. The van der Waals surface area contributed by atoms with E-state index in [0.717, 1.165) is 29.2 Å². The fourth-order valence-corrected chi connectivity index (χ4v) is 2.45. The van der Waals surface area contributed by atoms with Crippen molar-refractivity contribution in [3.8, 4) is 0 Å². The molecule has 0 bridgehead atoms. The molecule has 0 unspecified atom stereocenters. The van der Waals surface area contributed by atoms with Gasteiger partial charge >= 0.3 is 0 Å². The molecule has 1 fully saturated rings. The molecular formula is C12H14ClN3. The number of nitrogen functional groups attached to an aromatic ring is 1. The lowest BCUT2D eigenvalue weighted by Gasteiger charge is -2.23. The van der Waals surface area contributed by atoms with Crippen LogP contribution >= 0.6 is 11.6 Å². The summed E-state index contributed by atoms with van der Waals surface area (Å²) in [5.41, 5.74) is 8.32. The van der Waals surface area contributed by atoms with Crippen LogP contribution in [0.3, 0.4) is 0 Å². The number of hydrogen-bond acceptors (Lipinski definition) is 2. The predicted octanol–water partition coefficient (Wildman–Crippen LogP) is 3.14. The third kappa shape index (κ3) is 1.65. The van der Waals surface area contributed by atoms with Gasteiger partial charge in [-0.1, -0.05) is 30.9 Å². The molecule has 3 rings (SSSR count). The summed E-state index contributed by atoms with van der Waals surface area (Å²) >= 11 is 5.95. The predicted molar refractivity (Wildman–Crippen MR) is 66.6 cm³/mol. The van der Waals surface area contributed by atoms with Crippen LogP contribution in [0.4, 0.5) is 5.69 Å². The van der Waals surface area contributed by atoms with E-state index in [9.17, 15) is 0 Å². The molecule has 0 amide bonds. The smallest absolute Gasteiger partial charge is 0.112 e. The third-order valence-corrected chi connectivity index (χ3v) is 3.55. The maximum absolute atomic E-state index is 5.95. The molecule has 1 aromatic heterocycles. The van der Waals surface area contributed by atoms with Crippen molar-refractivity contribution in [2.24, 2.45) is 5.92 Å². The second kappa shape index (κ2) is 3.67. The lowest BCUT2D eigenvalue weighted by atomic mass is 9.83. The number of nitrogens with two attached hydrogens (primary N) is 1. The van der Waals surface area contributed by atoms with Crippen molar-refractivity contribution in [2.75, 3.05) is 5.73 Å². The van der Waals surface area contributed by atoms with E-state index in [0.29, 0.717) is 10.7 Å². The van der Waals surface area contributed by atoms with E-state index in [1.54, 1.807) is 6.07 Å². The monoisotopic (exact) mass is 235 g/mol. The number of benzene rings is 1. The lowest BCUT2D eigenvalue weighted by Crippen LogP contribution is -2.14. The molecule has 1 aromatic carbocycles. The standard InChI is InChI=1S/C12H14ClN3/c13-8-5-9(14)12-10(6-8)15-11(16-12)4-7-2-1-3-7/h5-7H,1-4,14H2,(H,15,16). The van der Waals surface area contributed by atoms with Crippen LogP contribution in [0.25, 0.3) is 11.0 Å². The van der Waals surface area contributed by atoms with Crippen LogP contribution in [0.2, 0.25) is 5.02 Å². The van der Waals surface area contributed by atoms with Gasteiger partial charge in [-0.25, -0.2) is 4.98 Å². The van der Waals surface area contributed by atoms with Crippen molar-refractivity contribution in [1.82, 2.24) is 9.97 Å². The first-order chi connectivity index (χ1) is 7.72. The highest BCUT2D eigenvalue weighted by Crippen LogP contribution is 2.30. The number of H-pyrrole nitrogens is 1. The minimum Gasteiger partial charge on any atom is -0.397 e. The van der Waals surface area contributed by atoms with Crippen LogP contribution in [-0.4, -0.2) is 9.97 Å². The molecule has 1 saturated carbocycles. The molecule has 84 valence electrons. The van der Waals surface area contributed by atoms with E-state index in [-0.39, 0.29) is 0 Å². The number of rotatable bonds is 2. The van der Waals surface area contributed by atoms with Crippen LogP contribution in [-0.2, 0) is 6.42 Å². The molecule has 4 heteroatoms. The van der Waals surface area contributed by atoms with Gasteiger partial charge in [0.25, 0.3) is 0 Å². The second-order valence-corrected chi connectivity index (χ2v) is 5.01. The number of hydrogen-bond donors (Lipinski definition) is 2. The Hall–Kier alpha value is -1.22. The number of nitrogens with zero attached hydrogens (tertiary/aromatic N) is 1. The minimum absolute atomic E-state index is 0.651. The molecule has 1 aliphatic rings. The van der Waals surface area contributed by atoms with Gasteiger partial charge in [0.05, 0.1) is 11.2 Å². The summed E-state index contributed by atoms with van der Waals surface area (Å²) in [7, 11) is 0. The molecule has 3 N–H and O–H groups in total. The van der Waals surface area contributed by atoms with Crippen molar-refractivity contribution in [3.05, 3.63) is 23.0 Å². The zero-order chi connectivity index (χ0) is 11.1. The number of nitrogens with one attached hydrogen (secondary N) is 1. The van der Waals surface area contributed by atoms with Gasteiger partial charge in [-0.05, 0) is 18.1 Å². The highest BCUT2D eigenvalue weighted by Gasteiger charge is 2.19. The van der Waals surface area contributed by atoms with Crippen molar-refractivity contribution >= 4 is 28.3 Å². The van der Waals surface area contributed by atoms with Gasteiger partial charge in [0.2, 0.25) is 0 Å². The van der Waals surface area contributed by atoms with E-state index in [2.05, 4.69) is 9.97 Å². The van der Waals surface area contributed by atoms with E-state index < -0.39 is 0 Å². The average Bonchev–Trinajstić information content (AvgIpc) is 2.54. The maximum atomic E-state index is 5.95. The normalized spacial score (nSPS) is 16.6. The summed E-state index contributed by atoms with van der Waals surface area (Å²) in [5.74, 6) is 1.84. The van der Waals surface area contributed by atoms with Crippen molar-refractivity contribution in [2.45, 2.75) is 25.7 Å². The van der Waals surface area contributed by atoms with Crippen molar-refractivity contribution < 1.29 is 0 Å². The van der Waals surface area contributed by atoms with E-state index in [1.165, 1.54) is 19.3 Å². The first-order valence-corrected chi connectivity index (χ1v) is 6.04. The molecule has 0 atom stereocenters. The average molecular weight is 236 g/mol. The summed E-state index contributed by atoms with van der Waals surface area (Å²) in [6, 6.07) is 3.63. The number of aromatic nitrogens is 2. The first-order valence-electron chi connectivity index (χ1n) is 5.66. The Morgan fingerprint density at radius 3 is 2.94 bits per heavy atom. The Kier molecular flexibility index (Phi) is 2.28. The molecule has 1 aliphatic carbocycles. The van der Waals surface area contributed by atoms with Crippen molar-refractivity contribution in [1.29, 1.82) is 0 Å². The Balaban J connectivity index is 1.98. The molecule has 1 heterocycles. The molecular weight excluding hydrogens is 222 g/mol. The minimum atomic E-state index is 0.651. The van der Waals surface area contributed by atoms with Gasteiger partial charge < -0.3 is 10.7 Å². The lowest BCUT2D eigenvalue weighted by molar-refractivity contribution is 0.310. The van der Waals surface area contributed by atoms with Crippen molar-refractivity contribution in [3.63, 3.8) is 0 Å². The van der Waals surface area contributed by atoms with Gasteiger partial charge in [0.15, 0.2) is 0 Å². The molecule has 0 saturated heterocycles. The zero-order valence-corrected chi connectivity index (χ0v) is 9.72. The molecule has 0 spiro atoms. The highest BCUT2D eigenvalue weighted by atomic mass is 35.5.